The van der Waals surface area contributed by atoms with Gasteiger partial charge in [0.05, 0.1) is 30.2 Å². The second-order valence-electron chi connectivity index (χ2n) is 6.27. The first-order valence-electron chi connectivity index (χ1n) is 7.99. The first kappa shape index (κ1) is 15.6. The molecule has 1 saturated heterocycles. The topological polar surface area (TPSA) is 97.1 Å². The molecule has 9 nitrogen and oxygen atoms in total. The van der Waals surface area contributed by atoms with E-state index >= 15 is 0 Å². The fourth-order valence-corrected chi connectivity index (χ4v) is 2.98. The summed E-state index contributed by atoms with van der Waals surface area (Å²) in [5.74, 6) is -0.742. The van der Waals surface area contributed by atoms with E-state index in [9.17, 15) is 14.0 Å². The van der Waals surface area contributed by atoms with E-state index in [1.165, 1.54) is 20.7 Å². The lowest BCUT2D eigenvalue weighted by Crippen LogP contribution is -2.58. The van der Waals surface area contributed by atoms with Gasteiger partial charge in [-0.2, -0.15) is 5.10 Å². The third kappa shape index (κ3) is 2.73. The molecule has 3 heterocycles. The molecule has 25 heavy (non-hydrogen) atoms. The Labute approximate surface area is 142 Å². The minimum Gasteiger partial charge on any atom is -0.327 e. The Balaban J connectivity index is 1.43. The third-order valence-corrected chi connectivity index (χ3v) is 4.67. The Morgan fingerprint density at radius 2 is 1.96 bits per heavy atom. The van der Waals surface area contributed by atoms with E-state index in [2.05, 4.69) is 20.5 Å². The summed E-state index contributed by atoms with van der Waals surface area (Å²) in [5.41, 5.74) is -0.178. The van der Waals surface area contributed by atoms with Crippen LogP contribution < -0.4 is 0 Å². The van der Waals surface area contributed by atoms with Gasteiger partial charge in [0, 0.05) is 13.1 Å². The average molecular weight is 345 g/mol. The summed E-state index contributed by atoms with van der Waals surface area (Å²) in [4.78, 5) is 27.4. The molecule has 2 aromatic rings. The number of carbonyl (C=O) groups is 2. The van der Waals surface area contributed by atoms with E-state index in [1.807, 2.05) is 0 Å². The van der Waals surface area contributed by atoms with Crippen LogP contribution in [0, 0.1) is 0 Å². The molecule has 4 rings (SSSR count). The Bertz CT molecular complexity index is 789. The van der Waals surface area contributed by atoms with E-state index in [0.717, 1.165) is 0 Å². The number of carbonyl (C=O) groups excluding carboxylic acids is 2. The number of piperazine rings is 1. The second kappa shape index (κ2) is 5.87. The maximum Gasteiger partial charge on any atom is 0.312 e. The summed E-state index contributed by atoms with van der Waals surface area (Å²) in [7, 11) is 0. The summed E-state index contributed by atoms with van der Waals surface area (Å²) in [6, 6.07) is 3.43. The number of hydrogen-bond donors (Lipinski definition) is 0. The molecule has 0 bridgehead atoms. The van der Waals surface area contributed by atoms with Gasteiger partial charge < -0.3 is 9.80 Å². The first-order chi connectivity index (χ1) is 12.1. The van der Waals surface area contributed by atoms with E-state index in [0.29, 0.717) is 37.4 Å². The van der Waals surface area contributed by atoms with Crippen molar-refractivity contribution in [2.75, 3.05) is 19.8 Å². The third-order valence-electron chi connectivity index (χ3n) is 4.67. The van der Waals surface area contributed by atoms with Crippen molar-refractivity contribution in [3.05, 3.63) is 30.2 Å². The molecule has 2 aliphatic rings. The SMILES string of the molecule is O=C1C(=O)N(C2(CF)CC2)CCN1Cc1ccc(-n2ccnn2)nn1. The quantitative estimate of drug-likeness (QED) is 0.692. The van der Waals surface area contributed by atoms with Crippen molar-refractivity contribution >= 4 is 11.8 Å². The predicted molar refractivity (Wildman–Crippen MR) is 82.0 cm³/mol. The number of alkyl halides is 1. The van der Waals surface area contributed by atoms with Crippen LogP contribution in [-0.4, -0.2) is 72.1 Å². The van der Waals surface area contributed by atoms with Crippen molar-refractivity contribution in [1.29, 1.82) is 0 Å². The fourth-order valence-electron chi connectivity index (χ4n) is 2.98. The van der Waals surface area contributed by atoms with E-state index in [1.54, 1.807) is 18.3 Å². The van der Waals surface area contributed by atoms with Crippen molar-refractivity contribution < 1.29 is 14.0 Å². The summed E-state index contributed by atoms with van der Waals surface area (Å²) >= 11 is 0. The first-order valence-corrected chi connectivity index (χ1v) is 7.99. The molecule has 130 valence electrons. The van der Waals surface area contributed by atoms with E-state index in [4.69, 9.17) is 0 Å². The highest BCUT2D eigenvalue weighted by atomic mass is 19.1. The van der Waals surface area contributed by atoms with Crippen LogP contribution in [0.15, 0.2) is 24.5 Å². The van der Waals surface area contributed by atoms with Crippen LogP contribution in [0.5, 0.6) is 0 Å². The molecular formula is C15H16FN7O2. The number of halogens is 1. The number of aromatic nitrogens is 5. The number of hydrogen-bond acceptors (Lipinski definition) is 6. The summed E-state index contributed by atoms with van der Waals surface area (Å²) < 4.78 is 14.6. The van der Waals surface area contributed by atoms with Gasteiger partial charge in [0.25, 0.3) is 0 Å². The maximum absolute atomic E-state index is 13.2. The van der Waals surface area contributed by atoms with E-state index in [-0.39, 0.29) is 6.54 Å². The van der Waals surface area contributed by atoms with Crippen LogP contribution in [0.25, 0.3) is 5.82 Å². The molecule has 0 unspecified atom stereocenters. The second-order valence-corrected chi connectivity index (χ2v) is 6.27. The van der Waals surface area contributed by atoms with Crippen molar-refractivity contribution in [3.63, 3.8) is 0 Å². The van der Waals surface area contributed by atoms with Crippen LogP contribution in [0.3, 0.4) is 0 Å². The van der Waals surface area contributed by atoms with Gasteiger partial charge in [0.1, 0.15) is 6.67 Å². The minimum atomic E-state index is -0.738. The highest BCUT2D eigenvalue weighted by Crippen LogP contribution is 2.42. The monoisotopic (exact) mass is 345 g/mol. The number of nitrogens with zero attached hydrogens (tertiary/aromatic N) is 7. The smallest absolute Gasteiger partial charge is 0.312 e. The van der Waals surface area contributed by atoms with Crippen molar-refractivity contribution in [2.45, 2.75) is 24.9 Å². The van der Waals surface area contributed by atoms with Gasteiger partial charge in [0.15, 0.2) is 5.82 Å². The molecule has 0 N–H and O–H groups in total. The lowest BCUT2D eigenvalue weighted by atomic mass is 10.2. The van der Waals surface area contributed by atoms with Crippen LogP contribution in [0.1, 0.15) is 18.5 Å². The Kier molecular flexibility index (Phi) is 3.66. The van der Waals surface area contributed by atoms with Gasteiger partial charge in [-0.05, 0) is 25.0 Å². The number of amides is 2. The van der Waals surface area contributed by atoms with Crippen LogP contribution in [-0.2, 0) is 16.1 Å². The van der Waals surface area contributed by atoms with Gasteiger partial charge in [-0.25, -0.2) is 9.07 Å². The molecule has 10 heteroatoms. The Morgan fingerprint density at radius 1 is 1.12 bits per heavy atom. The standard InChI is InChI=1S/C15H16FN7O2/c16-10-15(3-4-15)22-8-7-21(13(24)14(22)25)9-11-1-2-12(19-18-11)23-6-5-17-20-23/h1-2,5-6H,3-4,7-10H2. The summed E-state index contributed by atoms with van der Waals surface area (Å²) in [6.45, 7) is 0.296. The highest BCUT2D eigenvalue weighted by Gasteiger charge is 2.53. The molecule has 1 saturated carbocycles. The molecule has 1 aliphatic heterocycles. The highest BCUT2D eigenvalue weighted by molar-refractivity contribution is 6.35. The lowest BCUT2D eigenvalue weighted by Gasteiger charge is -2.37. The largest absolute Gasteiger partial charge is 0.327 e. The molecule has 0 aromatic carbocycles. The van der Waals surface area contributed by atoms with E-state index < -0.39 is 24.0 Å². The zero-order valence-electron chi connectivity index (χ0n) is 13.4. The van der Waals surface area contributed by atoms with Gasteiger partial charge >= 0.3 is 11.8 Å². The molecule has 2 amide bonds. The van der Waals surface area contributed by atoms with Crippen LogP contribution in [0.4, 0.5) is 4.39 Å². The van der Waals surface area contributed by atoms with Crippen molar-refractivity contribution in [2.24, 2.45) is 0 Å². The van der Waals surface area contributed by atoms with Gasteiger partial charge in [-0.3, -0.25) is 9.59 Å². The average Bonchev–Trinajstić information content (AvgIpc) is 3.23. The zero-order valence-corrected chi connectivity index (χ0v) is 13.4. The van der Waals surface area contributed by atoms with Gasteiger partial charge in [-0.15, -0.1) is 10.2 Å². The summed E-state index contributed by atoms with van der Waals surface area (Å²) in [6.07, 6.45) is 4.42. The minimum absolute atomic E-state index is 0.186. The molecule has 0 spiro atoms. The molecule has 0 radical (unpaired) electrons. The predicted octanol–water partition coefficient (Wildman–Crippen LogP) is -0.270. The molecule has 1 aliphatic carbocycles. The fraction of sp³-hybridized carbons (Fsp3) is 0.467. The molecular weight excluding hydrogens is 329 g/mol. The van der Waals surface area contributed by atoms with Crippen LogP contribution >= 0.6 is 0 Å². The van der Waals surface area contributed by atoms with Gasteiger partial charge in [0.2, 0.25) is 0 Å². The Morgan fingerprint density at radius 3 is 2.56 bits per heavy atom. The number of rotatable bonds is 5. The lowest BCUT2D eigenvalue weighted by molar-refractivity contribution is -0.159. The van der Waals surface area contributed by atoms with Crippen molar-refractivity contribution in [1.82, 2.24) is 35.0 Å². The normalized spacial score (nSPS) is 19.4. The van der Waals surface area contributed by atoms with Crippen LogP contribution in [0.2, 0.25) is 0 Å². The maximum atomic E-state index is 13.2. The van der Waals surface area contributed by atoms with Crippen molar-refractivity contribution in [3.8, 4) is 5.82 Å². The molecule has 0 atom stereocenters. The zero-order chi connectivity index (χ0) is 17.4. The van der Waals surface area contributed by atoms with Gasteiger partial charge in [-0.1, -0.05) is 5.21 Å². The molecule has 2 fully saturated rings. The Hall–Kier alpha value is -2.91. The molecule has 2 aromatic heterocycles. The summed E-state index contributed by atoms with van der Waals surface area (Å²) in [5, 5.41) is 15.6.